The van der Waals surface area contributed by atoms with E-state index in [0.717, 1.165) is 5.69 Å². The Morgan fingerprint density at radius 2 is 2.05 bits per heavy atom. The van der Waals surface area contributed by atoms with Crippen LogP contribution in [0.3, 0.4) is 0 Å². The van der Waals surface area contributed by atoms with Crippen LogP contribution in [0, 0.1) is 18.8 Å². The van der Waals surface area contributed by atoms with Gasteiger partial charge in [-0.05, 0) is 6.92 Å². The number of aryl methyl sites for hydroxylation is 1. The highest BCUT2D eigenvalue weighted by Gasteiger charge is 2.53. The lowest BCUT2D eigenvalue weighted by molar-refractivity contribution is -0.145. The number of carbonyl (C=O) groups is 2. The Morgan fingerprint density at radius 1 is 1.37 bits per heavy atom. The standard InChI is InChI=1S/C12H12N2O4S/c1-5-4-19-12(13-5)14-10(15)8-6-2-3-7(18-6)9(8)11(16)17/h2-4,6-9H,1H3,(H,16,17)(H,13,14,15)/t6-,7-,8+,9+/m1/s1. The van der Waals surface area contributed by atoms with Gasteiger partial charge in [-0.2, -0.15) is 0 Å². The maximum atomic E-state index is 12.2. The normalized spacial score (nSPS) is 31.6. The summed E-state index contributed by atoms with van der Waals surface area (Å²) in [4.78, 5) is 27.6. The van der Waals surface area contributed by atoms with Crippen LogP contribution >= 0.6 is 11.3 Å². The summed E-state index contributed by atoms with van der Waals surface area (Å²) in [6.07, 6.45) is 2.51. The molecular weight excluding hydrogens is 268 g/mol. The van der Waals surface area contributed by atoms with Crippen LogP contribution in [0.5, 0.6) is 0 Å². The summed E-state index contributed by atoms with van der Waals surface area (Å²) in [6.45, 7) is 1.83. The highest BCUT2D eigenvalue weighted by atomic mass is 32.1. The Bertz CT molecular complexity index is 568. The van der Waals surface area contributed by atoms with Crippen LogP contribution in [0.1, 0.15) is 5.69 Å². The van der Waals surface area contributed by atoms with Crippen molar-refractivity contribution in [3.05, 3.63) is 23.2 Å². The molecule has 0 radical (unpaired) electrons. The number of carboxylic acids is 1. The zero-order chi connectivity index (χ0) is 13.6. The van der Waals surface area contributed by atoms with Crippen molar-refractivity contribution in [2.24, 2.45) is 11.8 Å². The Hall–Kier alpha value is -1.73. The second-order valence-corrected chi connectivity index (χ2v) is 5.48. The largest absolute Gasteiger partial charge is 0.481 e. The van der Waals surface area contributed by atoms with Gasteiger partial charge in [-0.1, -0.05) is 12.2 Å². The highest BCUT2D eigenvalue weighted by Crippen LogP contribution is 2.39. The van der Waals surface area contributed by atoms with Crippen LogP contribution in [0.2, 0.25) is 0 Å². The maximum absolute atomic E-state index is 12.2. The predicted octanol–water partition coefficient (Wildman–Crippen LogP) is 1.04. The first-order valence-corrected chi connectivity index (χ1v) is 6.74. The monoisotopic (exact) mass is 280 g/mol. The van der Waals surface area contributed by atoms with E-state index in [1.807, 2.05) is 12.3 Å². The summed E-state index contributed by atoms with van der Waals surface area (Å²) in [5, 5.41) is 14.2. The molecule has 1 aromatic rings. The van der Waals surface area contributed by atoms with Crippen molar-refractivity contribution in [3.63, 3.8) is 0 Å². The molecule has 1 saturated heterocycles. The van der Waals surface area contributed by atoms with Crippen molar-refractivity contribution in [2.45, 2.75) is 19.1 Å². The lowest BCUT2D eigenvalue weighted by Gasteiger charge is -2.20. The number of nitrogens with one attached hydrogen (secondary N) is 1. The van der Waals surface area contributed by atoms with Gasteiger partial charge < -0.3 is 15.2 Å². The fraction of sp³-hybridized carbons (Fsp3) is 0.417. The minimum Gasteiger partial charge on any atom is -0.481 e. The van der Waals surface area contributed by atoms with Gasteiger partial charge in [0, 0.05) is 5.38 Å². The Labute approximate surface area is 113 Å². The number of fused-ring (bicyclic) bond motifs is 2. The molecule has 2 N–H and O–H groups in total. The SMILES string of the molecule is Cc1csc(NC(=O)[C@@H]2[C@@H](C(=O)O)[C@H]3C=C[C@H]2O3)n1. The number of rotatable bonds is 3. The Morgan fingerprint density at radius 3 is 2.63 bits per heavy atom. The van der Waals surface area contributed by atoms with Crippen molar-refractivity contribution < 1.29 is 19.4 Å². The number of aromatic nitrogens is 1. The number of thiazole rings is 1. The Balaban J connectivity index is 1.79. The van der Waals surface area contributed by atoms with Crippen LogP contribution in [0.25, 0.3) is 0 Å². The molecule has 4 atom stereocenters. The smallest absolute Gasteiger partial charge is 0.310 e. The molecule has 0 spiro atoms. The molecule has 100 valence electrons. The molecule has 0 aliphatic carbocycles. The second-order valence-electron chi connectivity index (χ2n) is 4.62. The third kappa shape index (κ3) is 2.04. The van der Waals surface area contributed by atoms with Crippen LogP contribution in [-0.2, 0) is 14.3 Å². The van der Waals surface area contributed by atoms with E-state index < -0.39 is 30.0 Å². The number of carboxylic acid groups (broad SMARTS) is 1. The van der Waals surface area contributed by atoms with Crippen LogP contribution in [-0.4, -0.2) is 34.2 Å². The molecular formula is C12H12N2O4S. The van der Waals surface area contributed by atoms with E-state index in [-0.39, 0.29) is 5.91 Å². The second kappa shape index (κ2) is 4.43. The summed E-state index contributed by atoms with van der Waals surface area (Å²) in [7, 11) is 0. The van der Waals surface area contributed by atoms with Gasteiger partial charge >= 0.3 is 5.97 Å². The average Bonchev–Trinajstić information content (AvgIpc) is 3.03. The summed E-state index contributed by atoms with van der Waals surface area (Å²) in [6, 6.07) is 0. The van der Waals surface area contributed by atoms with E-state index in [0.29, 0.717) is 5.13 Å². The quantitative estimate of drug-likeness (QED) is 0.808. The molecule has 2 aliphatic heterocycles. The van der Waals surface area contributed by atoms with Gasteiger partial charge in [0.15, 0.2) is 5.13 Å². The fourth-order valence-corrected chi connectivity index (χ4v) is 3.21. The molecule has 3 heterocycles. The maximum Gasteiger partial charge on any atom is 0.310 e. The lowest BCUT2D eigenvalue weighted by atomic mass is 9.82. The number of ether oxygens (including phenoxy) is 1. The zero-order valence-corrected chi connectivity index (χ0v) is 10.9. The zero-order valence-electron chi connectivity index (χ0n) is 10.1. The van der Waals surface area contributed by atoms with Gasteiger partial charge in [0.05, 0.1) is 23.8 Å². The van der Waals surface area contributed by atoms with Crippen molar-refractivity contribution in [3.8, 4) is 0 Å². The number of carbonyl (C=O) groups excluding carboxylic acids is 1. The van der Waals surface area contributed by atoms with Gasteiger partial charge in [0.1, 0.15) is 5.92 Å². The molecule has 1 fully saturated rings. The molecule has 3 rings (SSSR count). The summed E-state index contributed by atoms with van der Waals surface area (Å²) >= 11 is 1.32. The highest BCUT2D eigenvalue weighted by molar-refractivity contribution is 7.13. The molecule has 6 nitrogen and oxygen atoms in total. The van der Waals surface area contributed by atoms with Crippen LogP contribution < -0.4 is 5.32 Å². The van der Waals surface area contributed by atoms with Crippen molar-refractivity contribution >= 4 is 28.3 Å². The molecule has 0 aromatic carbocycles. The van der Waals surface area contributed by atoms with Gasteiger partial charge in [0.2, 0.25) is 5.91 Å². The first kappa shape index (κ1) is 12.3. The molecule has 0 saturated carbocycles. The van der Waals surface area contributed by atoms with Crippen molar-refractivity contribution in [2.75, 3.05) is 5.32 Å². The van der Waals surface area contributed by atoms with Crippen molar-refractivity contribution in [1.29, 1.82) is 0 Å². The van der Waals surface area contributed by atoms with Crippen LogP contribution in [0.4, 0.5) is 5.13 Å². The van der Waals surface area contributed by atoms with E-state index in [2.05, 4.69) is 10.3 Å². The van der Waals surface area contributed by atoms with Crippen molar-refractivity contribution in [1.82, 2.24) is 4.98 Å². The number of nitrogens with zero attached hydrogens (tertiary/aromatic N) is 1. The number of amides is 1. The number of hydrogen-bond donors (Lipinski definition) is 2. The first-order chi connectivity index (χ1) is 9.06. The third-order valence-corrected chi connectivity index (χ3v) is 4.21. The third-order valence-electron chi connectivity index (χ3n) is 3.34. The van der Waals surface area contributed by atoms with Crippen LogP contribution in [0.15, 0.2) is 17.5 Å². The van der Waals surface area contributed by atoms with E-state index in [1.165, 1.54) is 11.3 Å². The molecule has 1 amide bonds. The molecule has 1 aromatic heterocycles. The minimum atomic E-state index is -1.01. The summed E-state index contributed by atoms with van der Waals surface area (Å²) in [5.74, 6) is -2.88. The predicted molar refractivity (Wildman–Crippen MR) is 67.9 cm³/mol. The molecule has 2 aliphatic rings. The first-order valence-electron chi connectivity index (χ1n) is 5.86. The van der Waals surface area contributed by atoms with E-state index in [4.69, 9.17) is 4.74 Å². The molecule has 0 unspecified atom stereocenters. The number of anilines is 1. The van der Waals surface area contributed by atoms with Gasteiger partial charge in [-0.15, -0.1) is 11.3 Å². The summed E-state index contributed by atoms with van der Waals surface area (Å²) < 4.78 is 5.45. The van der Waals surface area contributed by atoms with Gasteiger partial charge in [0.25, 0.3) is 0 Å². The summed E-state index contributed by atoms with van der Waals surface area (Å²) in [5.41, 5.74) is 0.819. The molecule has 19 heavy (non-hydrogen) atoms. The van der Waals surface area contributed by atoms with Gasteiger partial charge in [-0.25, -0.2) is 4.98 Å². The topological polar surface area (TPSA) is 88.5 Å². The van der Waals surface area contributed by atoms with E-state index in [1.54, 1.807) is 12.2 Å². The van der Waals surface area contributed by atoms with Gasteiger partial charge in [-0.3, -0.25) is 9.59 Å². The number of hydrogen-bond acceptors (Lipinski definition) is 5. The molecule has 7 heteroatoms. The Kier molecular flexibility index (Phi) is 2.87. The number of aliphatic carboxylic acids is 1. The minimum absolute atomic E-state index is 0.349. The van der Waals surface area contributed by atoms with E-state index >= 15 is 0 Å². The van der Waals surface area contributed by atoms with E-state index in [9.17, 15) is 14.7 Å². The molecule has 2 bridgehead atoms. The lowest BCUT2D eigenvalue weighted by Crippen LogP contribution is -2.39. The average molecular weight is 280 g/mol. The fourth-order valence-electron chi connectivity index (χ4n) is 2.52.